The minimum Gasteiger partial charge on any atom is -0.494 e. The molecule has 0 atom stereocenters. The van der Waals surface area contributed by atoms with Crippen LogP contribution in [0.25, 0.3) is 0 Å². The molecule has 4 heteroatoms. The predicted molar refractivity (Wildman–Crippen MR) is 75.6 cm³/mol. The second-order valence-corrected chi connectivity index (χ2v) is 5.41. The normalized spacial score (nSPS) is 16.8. The summed E-state index contributed by atoms with van der Waals surface area (Å²) in [5, 5.41) is 3.57. The van der Waals surface area contributed by atoms with Crippen LogP contribution < -0.4 is 15.8 Å². The molecule has 0 saturated heterocycles. The van der Waals surface area contributed by atoms with Crippen molar-refractivity contribution in [3.05, 3.63) is 16.6 Å². The summed E-state index contributed by atoms with van der Waals surface area (Å²) in [4.78, 5) is 0. The number of rotatable bonds is 3. The fourth-order valence-electron chi connectivity index (χ4n) is 2.35. The van der Waals surface area contributed by atoms with Crippen molar-refractivity contribution in [1.82, 2.24) is 0 Å². The molecule has 1 aliphatic rings. The number of ether oxygens (including phenoxy) is 1. The van der Waals surface area contributed by atoms with E-state index in [1.165, 1.54) is 32.1 Å². The third-order valence-electron chi connectivity index (χ3n) is 3.25. The van der Waals surface area contributed by atoms with Crippen molar-refractivity contribution < 1.29 is 4.74 Å². The first-order valence-corrected chi connectivity index (χ1v) is 6.89. The number of halogens is 1. The highest BCUT2D eigenvalue weighted by Gasteiger charge is 2.17. The maximum atomic E-state index is 5.80. The van der Waals surface area contributed by atoms with Crippen molar-refractivity contribution in [2.75, 3.05) is 18.2 Å². The first-order valence-electron chi connectivity index (χ1n) is 6.10. The lowest BCUT2D eigenvalue weighted by atomic mass is 9.95. The number of nitrogen functional groups attached to an aromatic ring is 1. The molecule has 17 heavy (non-hydrogen) atoms. The van der Waals surface area contributed by atoms with Gasteiger partial charge in [0.2, 0.25) is 0 Å². The number of hydrogen-bond donors (Lipinski definition) is 2. The van der Waals surface area contributed by atoms with Crippen molar-refractivity contribution >= 4 is 27.3 Å². The summed E-state index contributed by atoms with van der Waals surface area (Å²) in [7, 11) is 1.67. The molecule has 0 aliphatic heterocycles. The molecule has 94 valence electrons. The molecular weight excluding hydrogens is 280 g/mol. The van der Waals surface area contributed by atoms with E-state index in [0.29, 0.717) is 11.7 Å². The fourth-order valence-corrected chi connectivity index (χ4v) is 2.93. The van der Waals surface area contributed by atoms with E-state index in [1.54, 1.807) is 7.11 Å². The Bertz CT molecular complexity index is 389. The van der Waals surface area contributed by atoms with Crippen LogP contribution in [0.3, 0.4) is 0 Å². The van der Waals surface area contributed by atoms with Crippen molar-refractivity contribution in [2.45, 2.75) is 38.1 Å². The van der Waals surface area contributed by atoms with Crippen LogP contribution in [0.15, 0.2) is 16.6 Å². The molecule has 0 spiro atoms. The van der Waals surface area contributed by atoms with Crippen LogP contribution in [0.5, 0.6) is 5.75 Å². The monoisotopic (exact) mass is 298 g/mol. The van der Waals surface area contributed by atoms with E-state index < -0.39 is 0 Å². The van der Waals surface area contributed by atoms with Crippen LogP contribution in [0.2, 0.25) is 0 Å². The summed E-state index contributed by atoms with van der Waals surface area (Å²) in [6.07, 6.45) is 6.46. The molecule has 1 aliphatic carbocycles. The number of benzene rings is 1. The third kappa shape index (κ3) is 3.06. The van der Waals surface area contributed by atoms with Crippen molar-refractivity contribution in [2.24, 2.45) is 0 Å². The Labute approximate surface area is 111 Å². The van der Waals surface area contributed by atoms with Crippen molar-refractivity contribution in [3.63, 3.8) is 0 Å². The maximum absolute atomic E-state index is 5.80. The zero-order valence-electron chi connectivity index (χ0n) is 10.1. The molecule has 3 N–H and O–H groups in total. The average Bonchev–Trinajstić information content (AvgIpc) is 2.33. The van der Waals surface area contributed by atoms with Gasteiger partial charge in [0.1, 0.15) is 5.75 Å². The minimum atomic E-state index is 0.553. The molecule has 0 unspecified atom stereocenters. The number of methoxy groups -OCH3 is 1. The molecule has 3 nitrogen and oxygen atoms in total. The number of anilines is 2. The molecular formula is C13H19BrN2O. The molecule has 1 fully saturated rings. The molecule has 1 saturated carbocycles. The van der Waals surface area contributed by atoms with Gasteiger partial charge in [-0.05, 0) is 34.8 Å². The lowest BCUT2D eigenvalue weighted by molar-refractivity contribution is 0.413. The Hall–Kier alpha value is -0.900. The van der Waals surface area contributed by atoms with Gasteiger partial charge in [-0.3, -0.25) is 0 Å². The van der Waals surface area contributed by atoms with E-state index in [-0.39, 0.29) is 0 Å². The molecule has 0 radical (unpaired) electrons. The maximum Gasteiger partial charge on any atom is 0.145 e. The van der Waals surface area contributed by atoms with Crippen molar-refractivity contribution in [3.8, 4) is 5.75 Å². The number of nitrogens with two attached hydrogens (primary N) is 1. The van der Waals surface area contributed by atoms with Gasteiger partial charge in [-0.15, -0.1) is 0 Å². The zero-order chi connectivity index (χ0) is 12.3. The Balaban J connectivity index is 2.18. The zero-order valence-corrected chi connectivity index (χ0v) is 11.7. The highest BCUT2D eigenvalue weighted by Crippen LogP contribution is 2.37. The number of hydrogen-bond acceptors (Lipinski definition) is 3. The van der Waals surface area contributed by atoms with E-state index in [0.717, 1.165) is 15.9 Å². The summed E-state index contributed by atoms with van der Waals surface area (Å²) in [5.74, 6) is 0.808. The molecule has 0 bridgehead atoms. The smallest absolute Gasteiger partial charge is 0.145 e. The van der Waals surface area contributed by atoms with E-state index in [1.807, 2.05) is 12.1 Å². The predicted octanol–water partition coefficient (Wildman–Crippen LogP) is 3.78. The molecule has 2 rings (SSSR count). The first-order chi connectivity index (χ1) is 8.20. The summed E-state index contributed by atoms with van der Waals surface area (Å²) in [6.45, 7) is 0. The lowest BCUT2D eigenvalue weighted by Crippen LogP contribution is -2.22. The Kier molecular flexibility index (Phi) is 4.15. The highest BCUT2D eigenvalue weighted by molar-refractivity contribution is 9.10. The molecule has 0 aromatic heterocycles. The SMILES string of the molecule is COc1cc(N)cc(Br)c1NC1CCCCC1. The third-order valence-corrected chi connectivity index (χ3v) is 3.88. The van der Waals surface area contributed by atoms with Crippen LogP contribution >= 0.6 is 15.9 Å². The summed E-state index contributed by atoms with van der Waals surface area (Å²) in [5.41, 5.74) is 7.53. The Morgan fingerprint density at radius 3 is 2.65 bits per heavy atom. The standard InChI is InChI=1S/C13H19BrN2O/c1-17-12-8-9(15)7-11(14)13(12)16-10-5-3-2-4-6-10/h7-8,10,16H,2-6,15H2,1H3. The van der Waals surface area contributed by atoms with Crippen molar-refractivity contribution in [1.29, 1.82) is 0 Å². The van der Waals surface area contributed by atoms with E-state index in [2.05, 4.69) is 21.2 Å². The van der Waals surface area contributed by atoms with Gasteiger partial charge in [-0.1, -0.05) is 19.3 Å². The lowest BCUT2D eigenvalue weighted by Gasteiger charge is -2.25. The van der Waals surface area contributed by atoms with Gasteiger partial charge in [0.05, 0.1) is 12.8 Å². The van der Waals surface area contributed by atoms with E-state index in [9.17, 15) is 0 Å². The molecule has 1 aromatic carbocycles. The highest BCUT2D eigenvalue weighted by atomic mass is 79.9. The van der Waals surface area contributed by atoms with E-state index >= 15 is 0 Å². The van der Waals surface area contributed by atoms with Gasteiger partial charge in [-0.2, -0.15) is 0 Å². The van der Waals surface area contributed by atoms with Crippen LogP contribution in [0.1, 0.15) is 32.1 Å². The van der Waals surface area contributed by atoms with Gasteiger partial charge in [-0.25, -0.2) is 0 Å². The molecule has 0 heterocycles. The summed E-state index contributed by atoms with van der Waals surface area (Å²) < 4.78 is 6.35. The summed E-state index contributed by atoms with van der Waals surface area (Å²) in [6, 6.07) is 4.32. The largest absolute Gasteiger partial charge is 0.494 e. The average molecular weight is 299 g/mol. The summed E-state index contributed by atoms with van der Waals surface area (Å²) >= 11 is 3.54. The van der Waals surface area contributed by atoms with Crippen LogP contribution in [-0.2, 0) is 0 Å². The van der Waals surface area contributed by atoms with Gasteiger partial charge in [0, 0.05) is 22.3 Å². The fraction of sp³-hybridized carbons (Fsp3) is 0.538. The second kappa shape index (κ2) is 5.63. The topological polar surface area (TPSA) is 47.3 Å². The van der Waals surface area contributed by atoms with Gasteiger partial charge >= 0.3 is 0 Å². The first kappa shape index (κ1) is 12.6. The minimum absolute atomic E-state index is 0.553. The van der Waals surface area contributed by atoms with Gasteiger partial charge in [0.25, 0.3) is 0 Å². The molecule has 0 amide bonds. The van der Waals surface area contributed by atoms with Gasteiger partial charge < -0.3 is 15.8 Å². The van der Waals surface area contributed by atoms with E-state index in [4.69, 9.17) is 10.5 Å². The number of nitrogens with one attached hydrogen (secondary N) is 1. The second-order valence-electron chi connectivity index (χ2n) is 4.56. The van der Waals surface area contributed by atoms with Gasteiger partial charge in [0.15, 0.2) is 0 Å². The van der Waals surface area contributed by atoms with Crippen LogP contribution in [0.4, 0.5) is 11.4 Å². The van der Waals surface area contributed by atoms with Crippen LogP contribution in [0, 0.1) is 0 Å². The Morgan fingerprint density at radius 1 is 1.29 bits per heavy atom. The Morgan fingerprint density at radius 2 is 2.00 bits per heavy atom. The van der Waals surface area contributed by atoms with Crippen LogP contribution in [-0.4, -0.2) is 13.2 Å². The molecule has 1 aromatic rings. The quantitative estimate of drug-likeness (QED) is 0.835.